The molecule has 2 N–H and O–H groups in total. The van der Waals surface area contributed by atoms with Crippen molar-refractivity contribution >= 4 is 39.5 Å². The third-order valence-electron chi connectivity index (χ3n) is 6.09. The number of ether oxygens (including phenoxy) is 1. The molecule has 2 aliphatic rings. The summed E-state index contributed by atoms with van der Waals surface area (Å²) >= 11 is 1.53. The maximum Gasteiger partial charge on any atom is 0.247 e. The Kier molecular flexibility index (Phi) is 6.66. The Bertz CT molecular complexity index is 1070. The molecular formula is C24H28N4O3S. The molecule has 1 aromatic carbocycles. The van der Waals surface area contributed by atoms with Crippen LogP contribution in [0.5, 0.6) is 5.75 Å². The summed E-state index contributed by atoms with van der Waals surface area (Å²) in [6.07, 6.45) is 6.68. The molecule has 1 fully saturated rings. The molecule has 168 valence electrons. The molecular weight excluding hydrogens is 424 g/mol. The van der Waals surface area contributed by atoms with E-state index in [2.05, 4.69) is 16.7 Å². The number of anilines is 3. The van der Waals surface area contributed by atoms with Crippen LogP contribution in [0.2, 0.25) is 0 Å². The lowest BCUT2D eigenvalue weighted by Crippen LogP contribution is -2.32. The predicted molar refractivity (Wildman–Crippen MR) is 127 cm³/mol. The third-order valence-corrected chi connectivity index (χ3v) is 7.30. The van der Waals surface area contributed by atoms with Crippen LogP contribution in [0, 0.1) is 11.3 Å². The average Bonchev–Trinajstić information content (AvgIpc) is 3.27. The van der Waals surface area contributed by atoms with Gasteiger partial charge in [-0.3, -0.25) is 9.59 Å². The molecule has 2 amide bonds. The van der Waals surface area contributed by atoms with E-state index >= 15 is 0 Å². The molecule has 1 unspecified atom stereocenters. The molecule has 32 heavy (non-hydrogen) atoms. The van der Waals surface area contributed by atoms with Crippen LogP contribution in [0.15, 0.2) is 18.2 Å². The Morgan fingerprint density at radius 2 is 2.03 bits per heavy atom. The van der Waals surface area contributed by atoms with Crippen LogP contribution in [-0.2, 0) is 22.4 Å². The summed E-state index contributed by atoms with van der Waals surface area (Å²) in [5.74, 6) is 0.488. The Labute approximate surface area is 192 Å². The van der Waals surface area contributed by atoms with Gasteiger partial charge in [0.15, 0.2) is 0 Å². The number of thiophene rings is 1. The van der Waals surface area contributed by atoms with Crippen molar-refractivity contribution in [2.45, 2.75) is 57.9 Å². The first-order valence-corrected chi connectivity index (χ1v) is 11.9. The van der Waals surface area contributed by atoms with E-state index in [1.54, 1.807) is 25.0 Å². The molecule has 2 heterocycles. The summed E-state index contributed by atoms with van der Waals surface area (Å²) in [5, 5.41) is 16.5. The van der Waals surface area contributed by atoms with Crippen molar-refractivity contribution < 1.29 is 14.3 Å². The number of rotatable bonds is 6. The fourth-order valence-corrected chi connectivity index (χ4v) is 5.62. The van der Waals surface area contributed by atoms with E-state index < -0.39 is 6.04 Å². The quantitative estimate of drug-likeness (QED) is 0.631. The lowest BCUT2D eigenvalue weighted by Gasteiger charge is -2.21. The molecule has 1 aromatic heterocycles. The number of nitrogens with zero attached hydrogens (tertiary/aromatic N) is 2. The van der Waals surface area contributed by atoms with Gasteiger partial charge in [-0.2, -0.15) is 5.26 Å². The lowest BCUT2D eigenvalue weighted by atomic mass is 10.1. The van der Waals surface area contributed by atoms with Gasteiger partial charge in [-0.05, 0) is 56.7 Å². The number of benzene rings is 1. The largest absolute Gasteiger partial charge is 0.494 e. The van der Waals surface area contributed by atoms with Crippen LogP contribution in [0.25, 0.3) is 0 Å². The Morgan fingerprint density at radius 3 is 2.75 bits per heavy atom. The average molecular weight is 453 g/mol. The van der Waals surface area contributed by atoms with Crippen molar-refractivity contribution in [1.82, 2.24) is 0 Å². The minimum atomic E-state index is -0.521. The number of fused-ring (bicyclic) bond motifs is 1. The summed E-state index contributed by atoms with van der Waals surface area (Å²) < 4.78 is 5.50. The Balaban J connectivity index is 1.46. The second-order valence-corrected chi connectivity index (χ2v) is 9.38. The molecule has 0 spiro atoms. The standard InChI is InChI=1S/C24H28N4O3S/c1-15(23(30)27-24-18(14-25)17-7-4-3-5-8-21(17)32-24)26-16-10-11-19(20(13-16)31-2)28-12-6-9-22(28)29/h10-11,13,15,26H,3-9,12H2,1-2H3,(H,27,30). The number of carbonyl (C=O) groups excluding carboxylic acids is 2. The number of nitrogens with one attached hydrogen (secondary N) is 2. The zero-order valence-corrected chi connectivity index (χ0v) is 19.3. The molecule has 7 nitrogen and oxygen atoms in total. The SMILES string of the molecule is COc1cc(NC(C)C(=O)Nc2sc3c(c2C#N)CCCCC3)ccc1N1CCCC1=O. The summed E-state index contributed by atoms with van der Waals surface area (Å²) in [4.78, 5) is 27.9. The first-order chi connectivity index (χ1) is 15.5. The zero-order chi connectivity index (χ0) is 22.7. The van der Waals surface area contributed by atoms with Gasteiger partial charge in [0.05, 0.1) is 18.4 Å². The highest BCUT2D eigenvalue weighted by molar-refractivity contribution is 7.16. The van der Waals surface area contributed by atoms with Crippen molar-refractivity contribution in [2.75, 3.05) is 29.2 Å². The second-order valence-electron chi connectivity index (χ2n) is 8.27. The molecule has 1 saturated heterocycles. The van der Waals surface area contributed by atoms with Gasteiger partial charge in [0, 0.05) is 29.6 Å². The topological polar surface area (TPSA) is 94.5 Å². The Morgan fingerprint density at radius 1 is 1.22 bits per heavy atom. The maximum atomic E-state index is 12.9. The van der Waals surface area contributed by atoms with Gasteiger partial charge in [-0.25, -0.2) is 0 Å². The van der Waals surface area contributed by atoms with Crippen LogP contribution in [-0.4, -0.2) is 31.5 Å². The van der Waals surface area contributed by atoms with Gasteiger partial charge in [0.25, 0.3) is 0 Å². The third kappa shape index (κ3) is 4.44. The molecule has 0 radical (unpaired) electrons. The molecule has 1 aliphatic carbocycles. The van der Waals surface area contributed by atoms with E-state index in [9.17, 15) is 14.9 Å². The molecule has 1 atom stereocenters. The fourth-order valence-electron chi connectivity index (χ4n) is 4.38. The monoisotopic (exact) mass is 452 g/mol. The van der Waals surface area contributed by atoms with Gasteiger partial charge >= 0.3 is 0 Å². The summed E-state index contributed by atoms with van der Waals surface area (Å²) in [6, 6.07) is 7.28. The van der Waals surface area contributed by atoms with Crippen LogP contribution >= 0.6 is 11.3 Å². The number of hydrogen-bond acceptors (Lipinski definition) is 6. The molecule has 8 heteroatoms. The van der Waals surface area contributed by atoms with Crippen molar-refractivity contribution in [3.05, 3.63) is 34.2 Å². The van der Waals surface area contributed by atoms with E-state index in [4.69, 9.17) is 4.74 Å². The molecule has 2 aromatic rings. The van der Waals surface area contributed by atoms with Gasteiger partial charge in [0.1, 0.15) is 22.9 Å². The number of amides is 2. The highest BCUT2D eigenvalue weighted by Gasteiger charge is 2.25. The normalized spacial score (nSPS) is 16.7. The van der Waals surface area contributed by atoms with E-state index in [1.807, 2.05) is 12.1 Å². The first-order valence-electron chi connectivity index (χ1n) is 11.1. The smallest absolute Gasteiger partial charge is 0.247 e. The first kappa shape index (κ1) is 22.2. The van der Waals surface area contributed by atoms with Gasteiger partial charge in [-0.1, -0.05) is 6.42 Å². The van der Waals surface area contributed by atoms with Gasteiger partial charge < -0.3 is 20.3 Å². The van der Waals surface area contributed by atoms with Crippen molar-refractivity contribution in [1.29, 1.82) is 5.26 Å². The molecule has 4 rings (SSSR count). The number of methoxy groups -OCH3 is 1. The maximum absolute atomic E-state index is 12.9. The van der Waals surface area contributed by atoms with Crippen molar-refractivity contribution in [2.24, 2.45) is 0 Å². The van der Waals surface area contributed by atoms with E-state index in [0.717, 1.165) is 49.0 Å². The molecule has 0 bridgehead atoms. The summed E-state index contributed by atoms with van der Waals surface area (Å²) in [6.45, 7) is 2.47. The van der Waals surface area contributed by atoms with Crippen LogP contribution in [0.1, 0.15) is 55.0 Å². The fraction of sp³-hybridized carbons (Fsp3) is 0.458. The number of nitriles is 1. The number of aryl methyl sites for hydroxylation is 1. The van der Waals surface area contributed by atoms with E-state index in [0.29, 0.717) is 29.3 Å². The van der Waals surface area contributed by atoms with Gasteiger partial charge in [-0.15, -0.1) is 11.3 Å². The van der Waals surface area contributed by atoms with Crippen molar-refractivity contribution in [3.63, 3.8) is 0 Å². The van der Waals surface area contributed by atoms with Crippen LogP contribution in [0.3, 0.4) is 0 Å². The lowest BCUT2D eigenvalue weighted by molar-refractivity contribution is -0.117. The summed E-state index contributed by atoms with van der Waals surface area (Å²) in [7, 11) is 1.57. The zero-order valence-electron chi connectivity index (χ0n) is 18.5. The second kappa shape index (κ2) is 9.61. The van der Waals surface area contributed by atoms with Crippen LogP contribution in [0.4, 0.5) is 16.4 Å². The van der Waals surface area contributed by atoms with Gasteiger partial charge in [0.2, 0.25) is 11.8 Å². The van der Waals surface area contributed by atoms with E-state index in [1.165, 1.54) is 22.6 Å². The van der Waals surface area contributed by atoms with E-state index in [-0.39, 0.29) is 11.8 Å². The number of carbonyl (C=O) groups is 2. The Hall–Kier alpha value is -3.05. The molecule has 1 aliphatic heterocycles. The predicted octanol–water partition coefficient (Wildman–Crippen LogP) is 4.46. The molecule has 0 saturated carbocycles. The minimum Gasteiger partial charge on any atom is -0.494 e. The minimum absolute atomic E-state index is 0.0967. The summed E-state index contributed by atoms with van der Waals surface area (Å²) in [5.41, 5.74) is 3.20. The van der Waals surface area contributed by atoms with Crippen LogP contribution < -0.4 is 20.3 Å². The highest BCUT2D eigenvalue weighted by atomic mass is 32.1. The number of hydrogen-bond donors (Lipinski definition) is 2. The highest BCUT2D eigenvalue weighted by Crippen LogP contribution is 2.37. The van der Waals surface area contributed by atoms with Crippen molar-refractivity contribution in [3.8, 4) is 11.8 Å².